The molecule has 0 aromatic heterocycles. The van der Waals surface area contributed by atoms with Gasteiger partial charge in [0, 0.05) is 0 Å². The van der Waals surface area contributed by atoms with Crippen molar-refractivity contribution in [2.24, 2.45) is 0 Å². The van der Waals surface area contributed by atoms with Crippen molar-refractivity contribution in [3.05, 3.63) is 34.9 Å². The molecule has 0 spiro atoms. The number of hydrogen-bond acceptors (Lipinski definition) is 1. The topological polar surface area (TPSA) is 20.2 Å². The van der Waals surface area contributed by atoms with Gasteiger partial charge in [0.25, 0.3) is 0 Å². The second-order valence-corrected chi connectivity index (χ2v) is 3.21. The van der Waals surface area contributed by atoms with Gasteiger partial charge in [-0.15, -0.1) is 0 Å². The Hall–Kier alpha value is -0.820. The third-order valence-corrected chi connectivity index (χ3v) is 2.39. The molecule has 0 saturated heterocycles. The second-order valence-electron chi connectivity index (χ2n) is 3.21. The Balaban J connectivity index is 3.07. The molecule has 1 aromatic carbocycles. The van der Waals surface area contributed by atoms with E-state index in [0.717, 1.165) is 12.0 Å². The fraction of sp³-hybridized carbons (Fsp3) is 0.455. The van der Waals surface area contributed by atoms with Crippen LogP contribution in [0, 0.1) is 13.8 Å². The third kappa shape index (κ3) is 1.67. The first-order chi connectivity index (χ1) is 5.66. The minimum absolute atomic E-state index is 0.301. The molecule has 1 heteroatoms. The summed E-state index contributed by atoms with van der Waals surface area (Å²) >= 11 is 0. The summed E-state index contributed by atoms with van der Waals surface area (Å²) in [5, 5.41) is 9.63. The van der Waals surface area contributed by atoms with E-state index in [9.17, 15) is 5.11 Å². The molecule has 0 bridgehead atoms. The van der Waals surface area contributed by atoms with Crippen molar-refractivity contribution >= 4 is 0 Å². The molecule has 0 amide bonds. The van der Waals surface area contributed by atoms with Gasteiger partial charge in [0.15, 0.2) is 0 Å². The summed E-state index contributed by atoms with van der Waals surface area (Å²) in [5.41, 5.74) is 3.53. The van der Waals surface area contributed by atoms with Gasteiger partial charge in [0.2, 0.25) is 0 Å². The lowest BCUT2D eigenvalue weighted by atomic mass is 9.98. The van der Waals surface area contributed by atoms with Crippen LogP contribution in [0.25, 0.3) is 0 Å². The van der Waals surface area contributed by atoms with E-state index in [1.54, 1.807) is 0 Å². The van der Waals surface area contributed by atoms with Crippen molar-refractivity contribution in [2.75, 3.05) is 0 Å². The van der Waals surface area contributed by atoms with Gasteiger partial charge in [-0.3, -0.25) is 0 Å². The Kier molecular flexibility index (Phi) is 2.88. The first-order valence-corrected chi connectivity index (χ1v) is 4.41. The van der Waals surface area contributed by atoms with E-state index in [0.29, 0.717) is 0 Å². The first kappa shape index (κ1) is 9.27. The number of aliphatic hydroxyl groups is 1. The van der Waals surface area contributed by atoms with Crippen LogP contribution in [0.2, 0.25) is 0 Å². The van der Waals surface area contributed by atoms with Crippen LogP contribution in [0.5, 0.6) is 0 Å². The molecule has 0 heterocycles. The van der Waals surface area contributed by atoms with Crippen LogP contribution in [-0.2, 0) is 0 Å². The Bertz CT molecular complexity index is 266. The lowest BCUT2D eigenvalue weighted by Gasteiger charge is -2.12. The molecule has 0 aliphatic carbocycles. The van der Waals surface area contributed by atoms with Gasteiger partial charge >= 0.3 is 0 Å². The fourth-order valence-corrected chi connectivity index (χ4v) is 1.35. The van der Waals surface area contributed by atoms with E-state index in [1.165, 1.54) is 11.1 Å². The molecule has 1 N–H and O–H groups in total. The van der Waals surface area contributed by atoms with Gasteiger partial charge in [0.1, 0.15) is 0 Å². The summed E-state index contributed by atoms with van der Waals surface area (Å²) in [4.78, 5) is 0. The molecular formula is C11H16O. The minimum atomic E-state index is -0.301. The molecule has 1 nitrogen and oxygen atoms in total. The predicted molar refractivity (Wildman–Crippen MR) is 51.2 cm³/mol. The molecule has 0 aliphatic rings. The maximum absolute atomic E-state index is 9.63. The van der Waals surface area contributed by atoms with Crippen molar-refractivity contribution in [1.29, 1.82) is 0 Å². The number of aliphatic hydroxyl groups excluding tert-OH is 1. The van der Waals surface area contributed by atoms with Crippen LogP contribution < -0.4 is 0 Å². The second kappa shape index (κ2) is 3.72. The lowest BCUT2D eigenvalue weighted by Crippen LogP contribution is -1.99. The summed E-state index contributed by atoms with van der Waals surface area (Å²) in [6, 6.07) is 6.06. The quantitative estimate of drug-likeness (QED) is 0.712. The van der Waals surface area contributed by atoms with Gasteiger partial charge in [-0.1, -0.05) is 25.1 Å². The molecule has 66 valence electrons. The maximum Gasteiger partial charge on any atom is 0.0790 e. The third-order valence-electron chi connectivity index (χ3n) is 2.39. The Morgan fingerprint density at radius 1 is 1.33 bits per heavy atom. The molecule has 0 unspecified atom stereocenters. The van der Waals surface area contributed by atoms with E-state index < -0.39 is 0 Å². The van der Waals surface area contributed by atoms with Crippen LogP contribution in [-0.4, -0.2) is 5.11 Å². The Morgan fingerprint density at radius 3 is 2.58 bits per heavy atom. The normalized spacial score (nSPS) is 13.0. The molecule has 0 fully saturated rings. The number of hydrogen-bond donors (Lipinski definition) is 1. The van der Waals surface area contributed by atoms with Gasteiger partial charge in [-0.05, 0) is 37.0 Å². The maximum atomic E-state index is 9.63. The average molecular weight is 164 g/mol. The molecule has 1 aromatic rings. The van der Waals surface area contributed by atoms with Crippen molar-refractivity contribution in [2.45, 2.75) is 33.3 Å². The number of aryl methyl sites for hydroxylation is 1. The molecule has 1 atom stereocenters. The van der Waals surface area contributed by atoms with Crippen molar-refractivity contribution in [3.8, 4) is 0 Å². The van der Waals surface area contributed by atoms with Crippen LogP contribution in [0.4, 0.5) is 0 Å². The van der Waals surface area contributed by atoms with E-state index in [2.05, 4.69) is 19.9 Å². The standard InChI is InChI=1S/C11H16O/c1-4-11(12)10-7-5-6-8(2)9(10)3/h5-7,11-12H,4H2,1-3H3/t11-/m1/s1. The zero-order chi connectivity index (χ0) is 9.14. The first-order valence-electron chi connectivity index (χ1n) is 4.41. The summed E-state index contributed by atoms with van der Waals surface area (Å²) in [7, 11) is 0. The fourth-order valence-electron chi connectivity index (χ4n) is 1.35. The van der Waals surface area contributed by atoms with Crippen LogP contribution in [0.15, 0.2) is 18.2 Å². The summed E-state index contributed by atoms with van der Waals surface area (Å²) in [6.07, 6.45) is 0.481. The minimum Gasteiger partial charge on any atom is -0.388 e. The molecule has 0 saturated carbocycles. The predicted octanol–water partition coefficient (Wildman–Crippen LogP) is 2.75. The summed E-state index contributed by atoms with van der Waals surface area (Å²) < 4.78 is 0. The van der Waals surface area contributed by atoms with Gasteiger partial charge in [-0.25, -0.2) is 0 Å². The zero-order valence-corrected chi connectivity index (χ0v) is 7.96. The Morgan fingerprint density at radius 2 is 2.00 bits per heavy atom. The highest BCUT2D eigenvalue weighted by molar-refractivity contribution is 5.34. The van der Waals surface area contributed by atoms with Crippen LogP contribution in [0.1, 0.15) is 36.1 Å². The van der Waals surface area contributed by atoms with E-state index in [4.69, 9.17) is 0 Å². The van der Waals surface area contributed by atoms with Crippen molar-refractivity contribution in [1.82, 2.24) is 0 Å². The molecular weight excluding hydrogens is 148 g/mol. The van der Waals surface area contributed by atoms with Gasteiger partial charge < -0.3 is 5.11 Å². The molecule has 0 aliphatic heterocycles. The number of benzene rings is 1. The smallest absolute Gasteiger partial charge is 0.0790 e. The van der Waals surface area contributed by atoms with Crippen molar-refractivity contribution in [3.63, 3.8) is 0 Å². The van der Waals surface area contributed by atoms with Crippen LogP contribution >= 0.6 is 0 Å². The number of rotatable bonds is 2. The molecule has 12 heavy (non-hydrogen) atoms. The van der Waals surface area contributed by atoms with E-state index in [1.807, 2.05) is 19.1 Å². The van der Waals surface area contributed by atoms with E-state index >= 15 is 0 Å². The largest absolute Gasteiger partial charge is 0.388 e. The highest BCUT2D eigenvalue weighted by atomic mass is 16.3. The highest BCUT2D eigenvalue weighted by Crippen LogP contribution is 2.22. The molecule has 1 rings (SSSR count). The summed E-state index contributed by atoms with van der Waals surface area (Å²) in [6.45, 7) is 6.12. The van der Waals surface area contributed by atoms with Gasteiger partial charge in [-0.2, -0.15) is 0 Å². The molecule has 0 radical (unpaired) electrons. The lowest BCUT2D eigenvalue weighted by molar-refractivity contribution is 0.173. The Labute approximate surface area is 74.1 Å². The highest BCUT2D eigenvalue weighted by Gasteiger charge is 2.07. The van der Waals surface area contributed by atoms with Crippen molar-refractivity contribution < 1.29 is 5.11 Å². The SMILES string of the molecule is CC[C@@H](O)c1cccc(C)c1C. The zero-order valence-electron chi connectivity index (χ0n) is 7.96. The van der Waals surface area contributed by atoms with Gasteiger partial charge in [0.05, 0.1) is 6.10 Å². The monoisotopic (exact) mass is 164 g/mol. The van der Waals surface area contributed by atoms with E-state index in [-0.39, 0.29) is 6.10 Å². The summed E-state index contributed by atoms with van der Waals surface area (Å²) in [5.74, 6) is 0. The van der Waals surface area contributed by atoms with Crippen LogP contribution in [0.3, 0.4) is 0 Å². The average Bonchev–Trinajstić information content (AvgIpc) is 2.08.